The quantitative estimate of drug-likeness (QED) is 0.826. The highest BCUT2D eigenvalue weighted by molar-refractivity contribution is 7.10. The SMILES string of the molecule is Cc1c(NC(=O)C[C@@H]2CCC[C@H]2N)cccc1C(=O)N1CCc2sccc2C1. The normalized spacial score (nSPS) is 21.4. The van der Waals surface area contributed by atoms with Crippen LogP contribution in [0.1, 0.15) is 52.0 Å². The lowest BCUT2D eigenvalue weighted by Crippen LogP contribution is -2.35. The molecule has 148 valence electrons. The summed E-state index contributed by atoms with van der Waals surface area (Å²) in [6.07, 6.45) is 4.49. The summed E-state index contributed by atoms with van der Waals surface area (Å²) in [6, 6.07) is 7.80. The first-order chi connectivity index (χ1) is 13.5. The number of thiophene rings is 1. The molecule has 1 aliphatic heterocycles. The lowest BCUT2D eigenvalue weighted by Gasteiger charge is -2.28. The van der Waals surface area contributed by atoms with Crippen LogP contribution in [0.5, 0.6) is 0 Å². The second kappa shape index (κ2) is 8.05. The Labute approximate surface area is 169 Å². The predicted octanol–water partition coefficient (Wildman–Crippen LogP) is 3.71. The average molecular weight is 398 g/mol. The Hall–Kier alpha value is -2.18. The summed E-state index contributed by atoms with van der Waals surface area (Å²) in [7, 11) is 0. The Morgan fingerprint density at radius 1 is 1.29 bits per heavy atom. The molecule has 1 aliphatic carbocycles. The van der Waals surface area contributed by atoms with Crippen molar-refractivity contribution in [2.24, 2.45) is 11.7 Å². The van der Waals surface area contributed by atoms with Gasteiger partial charge in [0.2, 0.25) is 5.91 Å². The second-order valence-electron chi connectivity index (χ2n) is 7.93. The molecular weight excluding hydrogens is 370 g/mol. The molecule has 1 fully saturated rings. The molecule has 2 heterocycles. The minimum atomic E-state index is -0.0177. The van der Waals surface area contributed by atoms with E-state index in [1.54, 1.807) is 11.3 Å². The van der Waals surface area contributed by atoms with Crippen LogP contribution in [-0.4, -0.2) is 29.3 Å². The minimum Gasteiger partial charge on any atom is -0.334 e. The highest BCUT2D eigenvalue weighted by Crippen LogP contribution is 2.29. The molecule has 4 rings (SSSR count). The number of nitrogens with one attached hydrogen (secondary N) is 1. The number of benzene rings is 1. The van der Waals surface area contributed by atoms with E-state index >= 15 is 0 Å². The maximum Gasteiger partial charge on any atom is 0.254 e. The molecule has 2 aliphatic rings. The van der Waals surface area contributed by atoms with Crippen LogP contribution in [0.4, 0.5) is 5.69 Å². The molecule has 2 atom stereocenters. The highest BCUT2D eigenvalue weighted by Gasteiger charge is 2.27. The van der Waals surface area contributed by atoms with Crippen LogP contribution in [0.2, 0.25) is 0 Å². The summed E-state index contributed by atoms with van der Waals surface area (Å²) in [5, 5.41) is 5.10. The van der Waals surface area contributed by atoms with E-state index in [-0.39, 0.29) is 23.8 Å². The van der Waals surface area contributed by atoms with Gasteiger partial charge in [0.05, 0.1) is 0 Å². The summed E-state index contributed by atoms with van der Waals surface area (Å²) in [4.78, 5) is 28.9. The van der Waals surface area contributed by atoms with Gasteiger partial charge in [-0.25, -0.2) is 0 Å². The van der Waals surface area contributed by atoms with Crippen LogP contribution >= 0.6 is 11.3 Å². The lowest BCUT2D eigenvalue weighted by molar-refractivity contribution is -0.117. The van der Waals surface area contributed by atoms with Crippen molar-refractivity contribution in [2.75, 3.05) is 11.9 Å². The van der Waals surface area contributed by atoms with Gasteiger partial charge in [0.25, 0.3) is 5.91 Å². The molecule has 3 N–H and O–H groups in total. The first-order valence-electron chi connectivity index (χ1n) is 10.0. The van der Waals surface area contributed by atoms with Crippen LogP contribution < -0.4 is 11.1 Å². The van der Waals surface area contributed by atoms with Gasteiger partial charge in [0.15, 0.2) is 0 Å². The van der Waals surface area contributed by atoms with E-state index in [4.69, 9.17) is 5.73 Å². The predicted molar refractivity (Wildman–Crippen MR) is 113 cm³/mol. The number of anilines is 1. The van der Waals surface area contributed by atoms with Crippen molar-refractivity contribution in [3.05, 3.63) is 51.2 Å². The molecule has 2 aromatic rings. The molecule has 0 spiro atoms. The Kier molecular flexibility index (Phi) is 5.51. The van der Waals surface area contributed by atoms with Crippen molar-refractivity contribution in [3.63, 3.8) is 0 Å². The molecule has 0 unspecified atom stereocenters. The van der Waals surface area contributed by atoms with Crippen LogP contribution in [0.25, 0.3) is 0 Å². The fourth-order valence-corrected chi connectivity index (χ4v) is 5.24. The van der Waals surface area contributed by atoms with E-state index in [1.165, 1.54) is 10.4 Å². The van der Waals surface area contributed by atoms with Crippen LogP contribution in [-0.2, 0) is 17.8 Å². The molecule has 1 saturated carbocycles. The van der Waals surface area contributed by atoms with Gasteiger partial charge in [0.1, 0.15) is 0 Å². The van der Waals surface area contributed by atoms with E-state index < -0.39 is 0 Å². The standard InChI is InChI=1S/C22H27N3O2S/c1-14-17(22(27)25-10-8-20-16(13-25)9-11-28-20)5-3-7-19(14)24-21(26)12-15-4-2-6-18(15)23/h3,5,7,9,11,15,18H,2,4,6,8,10,12-13,23H2,1H3,(H,24,26)/t15-,18+/m0/s1. The van der Waals surface area contributed by atoms with E-state index in [0.29, 0.717) is 18.5 Å². The summed E-state index contributed by atoms with van der Waals surface area (Å²) in [5.41, 5.74) is 9.55. The van der Waals surface area contributed by atoms with Gasteiger partial charge in [-0.15, -0.1) is 11.3 Å². The van der Waals surface area contributed by atoms with Crippen molar-refractivity contribution >= 4 is 28.8 Å². The third-order valence-electron chi connectivity index (χ3n) is 6.10. The fraction of sp³-hybridized carbons (Fsp3) is 0.455. The number of hydrogen-bond acceptors (Lipinski definition) is 4. The number of rotatable bonds is 4. The third kappa shape index (κ3) is 3.84. The van der Waals surface area contributed by atoms with E-state index in [9.17, 15) is 9.59 Å². The summed E-state index contributed by atoms with van der Waals surface area (Å²) >= 11 is 1.77. The highest BCUT2D eigenvalue weighted by atomic mass is 32.1. The summed E-state index contributed by atoms with van der Waals surface area (Å²) in [6.45, 7) is 3.30. The van der Waals surface area contributed by atoms with E-state index in [2.05, 4.69) is 16.8 Å². The fourth-order valence-electron chi connectivity index (χ4n) is 4.35. The van der Waals surface area contributed by atoms with E-state index in [1.807, 2.05) is 30.0 Å². The Balaban J connectivity index is 1.46. The van der Waals surface area contributed by atoms with Crippen molar-refractivity contribution in [1.82, 2.24) is 4.90 Å². The second-order valence-corrected chi connectivity index (χ2v) is 8.93. The van der Waals surface area contributed by atoms with Gasteiger partial charge < -0.3 is 16.0 Å². The number of amides is 2. The zero-order chi connectivity index (χ0) is 19.7. The Morgan fingerprint density at radius 2 is 2.14 bits per heavy atom. The summed E-state index contributed by atoms with van der Waals surface area (Å²) < 4.78 is 0. The van der Waals surface area contributed by atoms with Crippen LogP contribution in [0.3, 0.4) is 0 Å². The molecule has 1 aromatic carbocycles. The molecule has 0 radical (unpaired) electrons. The number of carbonyl (C=O) groups excluding carboxylic acids is 2. The molecule has 0 saturated heterocycles. The van der Waals surface area contributed by atoms with Gasteiger partial charge in [-0.1, -0.05) is 12.5 Å². The number of carbonyl (C=O) groups is 2. The summed E-state index contributed by atoms with van der Waals surface area (Å²) in [5.74, 6) is 0.275. The minimum absolute atomic E-state index is 0.0177. The number of hydrogen-bond donors (Lipinski definition) is 2. The Bertz CT molecular complexity index is 892. The van der Waals surface area contributed by atoms with Gasteiger partial charge in [0, 0.05) is 41.7 Å². The molecular formula is C22H27N3O2S. The Morgan fingerprint density at radius 3 is 2.93 bits per heavy atom. The molecule has 0 bridgehead atoms. The maximum absolute atomic E-state index is 13.1. The molecule has 5 nitrogen and oxygen atoms in total. The zero-order valence-electron chi connectivity index (χ0n) is 16.2. The molecule has 28 heavy (non-hydrogen) atoms. The molecule has 1 aromatic heterocycles. The van der Waals surface area contributed by atoms with Gasteiger partial charge >= 0.3 is 0 Å². The maximum atomic E-state index is 13.1. The smallest absolute Gasteiger partial charge is 0.254 e. The number of nitrogens with zero attached hydrogens (tertiary/aromatic N) is 1. The van der Waals surface area contributed by atoms with E-state index in [0.717, 1.165) is 43.5 Å². The van der Waals surface area contributed by atoms with Crippen molar-refractivity contribution < 1.29 is 9.59 Å². The topological polar surface area (TPSA) is 75.4 Å². The monoisotopic (exact) mass is 397 g/mol. The van der Waals surface area contributed by atoms with Crippen molar-refractivity contribution in [3.8, 4) is 0 Å². The molecule has 6 heteroatoms. The van der Waals surface area contributed by atoms with Gasteiger partial charge in [-0.3, -0.25) is 9.59 Å². The number of fused-ring (bicyclic) bond motifs is 1. The van der Waals surface area contributed by atoms with Gasteiger partial charge in [-0.05, 0) is 66.8 Å². The first kappa shape index (κ1) is 19.2. The first-order valence-corrected chi connectivity index (χ1v) is 10.9. The third-order valence-corrected chi connectivity index (χ3v) is 7.12. The number of nitrogens with two attached hydrogens (primary N) is 1. The van der Waals surface area contributed by atoms with Crippen LogP contribution in [0.15, 0.2) is 29.6 Å². The zero-order valence-corrected chi connectivity index (χ0v) is 17.1. The van der Waals surface area contributed by atoms with Crippen molar-refractivity contribution in [1.29, 1.82) is 0 Å². The van der Waals surface area contributed by atoms with Crippen LogP contribution in [0, 0.1) is 12.8 Å². The van der Waals surface area contributed by atoms with Gasteiger partial charge in [-0.2, -0.15) is 0 Å². The largest absolute Gasteiger partial charge is 0.334 e. The lowest BCUT2D eigenvalue weighted by atomic mass is 9.99. The average Bonchev–Trinajstić information content (AvgIpc) is 3.31. The molecule has 2 amide bonds. The van der Waals surface area contributed by atoms with Crippen molar-refractivity contribution in [2.45, 2.75) is 51.6 Å².